The van der Waals surface area contributed by atoms with Crippen LogP contribution in [0, 0.1) is 6.92 Å². The molecule has 2 aromatic heterocycles. The quantitative estimate of drug-likeness (QED) is 0.565. The van der Waals surface area contributed by atoms with Gasteiger partial charge in [-0.05, 0) is 69.4 Å². The molecule has 2 heterocycles. The maximum Gasteiger partial charge on any atom is 0.0961 e. The minimum atomic E-state index is 0.226. The number of rotatable bonds is 5. The maximum atomic E-state index is 6.21. The van der Waals surface area contributed by atoms with E-state index in [-0.39, 0.29) is 6.04 Å². The highest BCUT2D eigenvalue weighted by molar-refractivity contribution is 9.13. The van der Waals surface area contributed by atoms with Gasteiger partial charge in [-0.3, -0.25) is 0 Å². The molecule has 1 atom stereocenters. The van der Waals surface area contributed by atoms with E-state index in [1.807, 2.05) is 0 Å². The van der Waals surface area contributed by atoms with Crippen LogP contribution < -0.4 is 5.32 Å². The second kappa shape index (κ2) is 7.05. The second-order valence-electron chi connectivity index (χ2n) is 4.26. The molecule has 0 aliphatic heterocycles. The van der Waals surface area contributed by atoms with Gasteiger partial charge in [0.05, 0.1) is 14.2 Å². The monoisotopic (exact) mass is 441 g/mol. The highest BCUT2D eigenvalue weighted by atomic mass is 79.9. The fourth-order valence-electron chi connectivity index (χ4n) is 1.76. The molecule has 0 amide bonds. The lowest BCUT2D eigenvalue weighted by Gasteiger charge is -2.15. The highest BCUT2D eigenvalue weighted by Crippen LogP contribution is 2.40. The average Bonchev–Trinajstić information content (AvgIpc) is 2.85. The van der Waals surface area contributed by atoms with Gasteiger partial charge in [0.15, 0.2) is 0 Å². The summed E-state index contributed by atoms with van der Waals surface area (Å²) < 4.78 is 3.12. The smallest absolute Gasteiger partial charge is 0.0961 e. The fourth-order valence-corrected chi connectivity index (χ4v) is 5.33. The molecular formula is C13H14Br2ClNS2. The Morgan fingerprint density at radius 2 is 1.95 bits per heavy atom. The lowest BCUT2D eigenvalue weighted by atomic mass is 10.2. The van der Waals surface area contributed by atoms with Crippen LogP contribution in [0.4, 0.5) is 0 Å². The van der Waals surface area contributed by atoms with Crippen molar-refractivity contribution in [3.8, 4) is 0 Å². The number of nitrogens with one attached hydrogen (secondary N) is 1. The van der Waals surface area contributed by atoms with E-state index in [0.29, 0.717) is 0 Å². The first-order valence-electron chi connectivity index (χ1n) is 5.96. The van der Waals surface area contributed by atoms with Crippen LogP contribution in [0.25, 0.3) is 0 Å². The fraction of sp³-hybridized carbons (Fsp3) is 0.385. The summed E-state index contributed by atoms with van der Waals surface area (Å²) >= 11 is 16.7. The van der Waals surface area contributed by atoms with E-state index in [4.69, 9.17) is 11.6 Å². The van der Waals surface area contributed by atoms with Crippen molar-refractivity contribution in [2.45, 2.75) is 26.3 Å². The third-order valence-electron chi connectivity index (χ3n) is 2.71. The molecular weight excluding hydrogens is 430 g/mol. The summed E-state index contributed by atoms with van der Waals surface area (Å²) in [5.74, 6) is 0. The number of thiophene rings is 2. The van der Waals surface area contributed by atoms with Crippen molar-refractivity contribution in [2.24, 2.45) is 0 Å². The molecule has 6 heteroatoms. The Hall–Kier alpha value is 0.610. The molecule has 104 valence electrons. The SMILES string of the molecule is CCCNC(c1cc(C)c(Cl)s1)c1cc(Br)c(Br)s1. The van der Waals surface area contributed by atoms with Gasteiger partial charge in [-0.2, -0.15) is 0 Å². The van der Waals surface area contributed by atoms with E-state index in [2.05, 4.69) is 63.2 Å². The Balaban J connectivity index is 2.34. The van der Waals surface area contributed by atoms with Gasteiger partial charge in [0.1, 0.15) is 0 Å². The largest absolute Gasteiger partial charge is 0.305 e. The van der Waals surface area contributed by atoms with Gasteiger partial charge in [-0.15, -0.1) is 22.7 Å². The van der Waals surface area contributed by atoms with E-state index in [0.717, 1.165) is 31.1 Å². The molecule has 2 aromatic rings. The molecule has 2 rings (SSSR count). The molecule has 0 aromatic carbocycles. The van der Waals surface area contributed by atoms with E-state index in [1.165, 1.54) is 9.75 Å². The van der Waals surface area contributed by atoms with Crippen molar-refractivity contribution in [3.05, 3.63) is 40.0 Å². The summed E-state index contributed by atoms with van der Waals surface area (Å²) in [6.45, 7) is 5.23. The van der Waals surface area contributed by atoms with Crippen molar-refractivity contribution in [1.82, 2.24) is 5.32 Å². The Morgan fingerprint density at radius 3 is 2.42 bits per heavy atom. The zero-order chi connectivity index (χ0) is 14.0. The van der Waals surface area contributed by atoms with Gasteiger partial charge in [0.25, 0.3) is 0 Å². The van der Waals surface area contributed by atoms with Crippen molar-refractivity contribution in [1.29, 1.82) is 0 Å². The van der Waals surface area contributed by atoms with Gasteiger partial charge in [-0.25, -0.2) is 0 Å². The average molecular weight is 444 g/mol. The molecule has 0 bridgehead atoms. The van der Waals surface area contributed by atoms with Gasteiger partial charge < -0.3 is 5.32 Å². The summed E-state index contributed by atoms with van der Waals surface area (Å²) in [6, 6.07) is 4.58. The summed E-state index contributed by atoms with van der Waals surface area (Å²) in [4.78, 5) is 2.57. The summed E-state index contributed by atoms with van der Waals surface area (Å²) in [5, 5.41) is 3.60. The zero-order valence-electron chi connectivity index (χ0n) is 10.6. The Morgan fingerprint density at radius 1 is 1.26 bits per heavy atom. The predicted molar refractivity (Wildman–Crippen MR) is 93.9 cm³/mol. The molecule has 0 aliphatic carbocycles. The number of halogens is 3. The first-order chi connectivity index (χ1) is 9.02. The highest BCUT2D eigenvalue weighted by Gasteiger charge is 2.20. The molecule has 1 nitrogen and oxygen atoms in total. The van der Waals surface area contributed by atoms with Crippen LogP contribution in [-0.2, 0) is 0 Å². The molecule has 1 unspecified atom stereocenters. The van der Waals surface area contributed by atoms with E-state index in [1.54, 1.807) is 22.7 Å². The van der Waals surface area contributed by atoms with Crippen molar-refractivity contribution >= 4 is 66.1 Å². The number of hydrogen-bond donors (Lipinski definition) is 1. The van der Waals surface area contributed by atoms with Crippen LogP contribution in [0.5, 0.6) is 0 Å². The van der Waals surface area contributed by atoms with Gasteiger partial charge in [0.2, 0.25) is 0 Å². The van der Waals surface area contributed by atoms with E-state index < -0.39 is 0 Å². The van der Waals surface area contributed by atoms with Crippen LogP contribution in [0.15, 0.2) is 20.4 Å². The van der Waals surface area contributed by atoms with Crippen LogP contribution in [0.1, 0.15) is 34.7 Å². The second-order valence-corrected chi connectivity index (χ2v) is 9.20. The first kappa shape index (κ1) is 16.0. The molecule has 0 saturated carbocycles. The van der Waals surface area contributed by atoms with Crippen LogP contribution in [0.3, 0.4) is 0 Å². The minimum Gasteiger partial charge on any atom is -0.305 e. The van der Waals surface area contributed by atoms with Gasteiger partial charge in [-0.1, -0.05) is 18.5 Å². The number of hydrogen-bond acceptors (Lipinski definition) is 3. The van der Waals surface area contributed by atoms with Gasteiger partial charge in [0, 0.05) is 14.2 Å². The third kappa shape index (κ3) is 3.83. The summed E-state index contributed by atoms with van der Waals surface area (Å²) in [7, 11) is 0. The topological polar surface area (TPSA) is 12.0 Å². The Bertz CT molecular complexity index is 480. The lowest BCUT2D eigenvalue weighted by molar-refractivity contribution is 0.613. The molecule has 1 N–H and O–H groups in total. The maximum absolute atomic E-state index is 6.21. The normalized spacial score (nSPS) is 12.9. The van der Waals surface area contributed by atoms with Crippen molar-refractivity contribution < 1.29 is 0 Å². The zero-order valence-corrected chi connectivity index (χ0v) is 16.2. The molecule has 19 heavy (non-hydrogen) atoms. The van der Waals surface area contributed by atoms with Gasteiger partial charge >= 0.3 is 0 Å². The molecule has 0 spiro atoms. The summed E-state index contributed by atoms with van der Waals surface area (Å²) in [6.07, 6.45) is 1.11. The van der Waals surface area contributed by atoms with Crippen LogP contribution in [0.2, 0.25) is 4.34 Å². The molecule has 0 saturated heterocycles. The minimum absolute atomic E-state index is 0.226. The molecule has 0 fully saturated rings. The van der Waals surface area contributed by atoms with E-state index in [9.17, 15) is 0 Å². The summed E-state index contributed by atoms with van der Waals surface area (Å²) in [5.41, 5.74) is 1.15. The van der Waals surface area contributed by atoms with Crippen LogP contribution >= 0.6 is 66.1 Å². The molecule has 0 aliphatic rings. The standard InChI is InChI=1S/C13H14Br2ClNS2/c1-3-4-17-11(9-5-7(2)13(16)19-9)10-6-8(14)12(15)18-10/h5-6,11,17H,3-4H2,1-2H3. The predicted octanol–water partition coefficient (Wildman–Crippen LogP) is 6.39. The lowest BCUT2D eigenvalue weighted by Crippen LogP contribution is -2.21. The van der Waals surface area contributed by atoms with E-state index >= 15 is 0 Å². The molecule has 0 radical (unpaired) electrons. The Labute approximate surface area is 143 Å². The van der Waals surface area contributed by atoms with Crippen molar-refractivity contribution in [2.75, 3.05) is 6.54 Å². The first-order valence-corrected chi connectivity index (χ1v) is 9.56. The number of aryl methyl sites for hydroxylation is 1. The Kier molecular flexibility index (Phi) is 5.93. The third-order valence-corrected chi connectivity index (χ3v) is 7.65. The van der Waals surface area contributed by atoms with Crippen LogP contribution in [-0.4, -0.2) is 6.54 Å². The van der Waals surface area contributed by atoms with Crippen molar-refractivity contribution in [3.63, 3.8) is 0 Å².